The molecule has 0 spiro atoms. The number of hydrogen-bond acceptors (Lipinski definition) is 2. The molecule has 0 amide bonds. The van der Waals surface area contributed by atoms with Gasteiger partial charge in [-0.1, -0.05) is 72.8 Å². The third kappa shape index (κ3) is 3.60. The van der Waals surface area contributed by atoms with Crippen LogP contribution in [-0.2, 0) is 0 Å². The number of benzene rings is 3. The van der Waals surface area contributed by atoms with E-state index in [9.17, 15) is 0 Å². The van der Waals surface area contributed by atoms with Crippen molar-refractivity contribution in [3.63, 3.8) is 0 Å². The van der Waals surface area contributed by atoms with Crippen LogP contribution in [0, 0.1) is 0 Å². The largest absolute Gasteiger partial charge is 0.269 e. The minimum Gasteiger partial charge on any atom is -0.269 e. The molecule has 4 rings (SSSR count). The standard InChI is InChI=1S/C25H19ClN2/c1-27-25(23-9-5-6-10-24(23)28-17-26)22-14-13-20-15-19(11-12-21(20)16-22)18-7-3-2-4-8-18/h2-16H,1,17H2/b25-23-,28-24-. The van der Waals surface area contributed by atoms with Gasteiger partial charge in [0, 0.05) is 11.1 Å². The topological polar surface area (TPSA) is 24.7 Å². The van der Waals surface area contributed by atoms with Crippen LogP contribution in [0.15, 0.2) is 107 Å². The van der Waals surface area contributed by atoms with Crippen LogP contribution in [0.25, 0.3) is 27.6 Å². The fourth-order valence-corrected chi connectivity index (χ4v) is 3.54. The summed E-state index contributed by atoms with van der Waals surface area (Å²) in [6.45, 7) is 3.79. The maximum atomic E-state index is 5.82. The minimum atomic E-state index is 0.210. The Morgan fingerprint density at radius 2 is 1.57 bits per heavy atom. The van der Waals surface area contributed by atoms with Crippen LogP contribution >= 0.6 is 11.6 Å². The van der Waals surface area contributed by atoms with E-state index in [1.165, 1.54) is 16.5 Å². The van der Waals surface area contributed by atoms with Gasteiger partial charge in [0.2, 0.25) is 0 Å². The van der Waals surface area contributed by atoms with Gasteiger partial charge >= 0.3 is 0 Å². The summed E-state index contributed by atoms with van der Waals surface area (Å²) >= 11 is 5.82. The highest BCUT2D eigenvalue weighted by Gasteiger charge is 2.13. The first kappa shape index (κ1) is 18.1. The molecule has 0 aliphatic heterocycles. The Morgan fingerprint density at radius 1 is 0.821 bits per heavy atom. The van der Waals surface area contributed by atoms with Crippen LogP contribution in [-0.4, -0.2) is 18.4 Å². The zero-order valence-electron chi connectivity index (χ0n) is 15.3. The monoisotopic (exact) mass is 382 g/mol. The van der Waals surface area contributed by atoms with Gasteiger partial charge in [0.15, 0.2) is 0 Å². The van der Waals surface area contributed by atoms with Crippen molar-refractivity contribution in [3.05, 3.63) is 102 Å². The fourth-order valence-electron chi connectivity index (χ4n) is 3.41. The molecule has 0 saturated heterocycles. The van der Waals surface area contributed by atoms with Gasteiger partial charge in [-0.15, -0.1) is 11.6 Å². The molecule has 0 N–H and O–H groups in total. The number of alkyl halides is 1. The molecule has 3 heteroatoms. The van der Waals surface area contributed by atoms with E-state index in [2.05, 4.69) is 77.4 Å². The second-order valence-electron chi connectivity index (χ2n) is 6.44. The van der Waals surface area contributed by atoms with Crippen LogP contribution in [0.1, 0.15) is 5.56 Å². The van der Waals surface area contributed by atoms with Crippen LogP contribution in [0.2, 0.25) is 0 Å². The lowest BCUT2D eigenvalue weighted by atomic mass is 9.96. The first-order valence-corrected chi connectivity index (χ1v) is 9.60. The van der Waals surface area contributed by atoms with Crippen molar-refractivity contribution < 1.29 is 0 Å². The molecule has 0 heterocycles. The molecule has 1 aliphatic rings. The van der Waals surface area contributed by atoms with E-state index >= 15 is 0 Å². The summed E-state index contributed by atoms with van der Waals surface area (Å²) in [6, 6.07) is 23.5. The lowest BCUT2D eigenvalue weighted by Gasteiger charge is -2.12. The summed E-state index contributed by atoms with van der Waals surface area (Å²) in [7, 11) is 0. The number of allylic oxidation sites excluding steroid dienone is 5. The second kappa shape index (κ2) is 8.20. The molecule has 0 radical (unpaired) electrons. The molecule has 0 atom stereocenters. The predicted molar refractivity (Wildman–Crippen MR) is 122 cm³/mol. The summed E-state index contributed by atoms with van der Waals surface area (Å²) in [5.41, 5.74) is 5.98. The minimum absolute atomic E-state index is 0.210. The van der Waals surface area contributed by atoms with Gasteiger partial charge in [-0.05, 0) is 46.8 Å². The highest BCUT2D eigenvalue weighted by molar-refractivity contribution is 6.21. The van der Waals surface area contributed by atoms with Gasteiger partial charge in [-0.2, -0.15) is 0 Å². The molecular weight excluding hydrogens is 364 g/mol. The Labute approximate surface area is 169 Å². The van der Waals surface area contributed by atoms with Crippen LogP contribution < -0.4 is 0 Å². The fraction of sp³-hybridized carbons (Fsp3) is 0.0400. The number of fused-ring (bicyclic) bond motifs is 1. The van der Waals surface area contributed by atoms with E-state index in [4.69, 9.17) is 11.6 Å². The van der Waals surface area contributed by atoms with Crippen molar-refractivity contribution in [2.45, 2.75) is 0 Å². The Morgan fingerprint density at radius 3 is 2.36 bits per heavy atom. The lowest BCUT2D eigenvalue weighted by molar-refractivity contribution is 1.35. The SMILES string of the molecule is C=N/C(=C1/C=CC=C/C1=N/CCl)c1ccc2cc(-c3ccccc3)ccc2c1. The number of hydrogen-bond donors (Lipinski definition) is 0. The van der Waals surface area contributed by atoms with Gasteiger partial charge in [0.1, 0.15) is 6.00 Å². The molecule has 3 aromatic carbocycles. The molecular formula is C25H19ClN2. The molecule has 0 fully saturated rings. The lowest BCUT2D eigenvalue weighted by Crippen LogP contribution is -2.03. The summed E-state index contributed by atoms with van der Waals surface area (Å²) in [5, 5.41) is 2.34. The van der Waals surface area contributed by atoms with E-state index in [1.807, 2.05) is 30.4 Å². The first-order chi connectivity index (χ1) is 13.8. The number of aliphatic imine (C=N–C) groups is 2. The average Bonchev–Trinajstić information content (AvgIpc) is 2.76. The van der Waals surface area contributed by atoms with E-state index in [1.54, 1.807) is 0 Å². The predicted octanol–water partition coefficient (Wildman–Crippen LogP) is 6.68. The van der Waals surface area contributed by atoms with E-state index in [0.717, 1.165) is 27.9 Å². The molecule has 28 heavy (non-hydrogen) atoms. The molecule has 136 valence electrons. The second-order valence-corrected chi connectivity index (χ2v) is 6.68. The molecule has 1 aliphatic carbocycles. The zero-order chi connectivity index (χ0) is 19.3. The smallest absolute Gasteiger partial charge is 0.114 e. The van der Waals surface area contributed by atoms with Crippen LogP contribution in [0.5, 0.6) is 0 Å². The summed E-state index contributed by atoms with van der Waals surface area (Å²) in [6.07, 6.45) is 7.86. The van der Waals surface area contributed by atoms with Gasteiger partial charge in [-0.25, -0.2) is 0 Å². The maximum absolute atomic E-state index is 5.82. The average molecular weight is 383 g/mol. The van der Waals surface area contributed by atoms with Gasteiger partial charge in [0.25, 0.3) is 0 Å². The molecule has 0 aromatic heterocycles. The Hall–Kier alpha value is -3.23. The Bertz CT molecular complexity index is 1150. The number of rotatable bonds is 4. The molecule has 2 nitrogen and oxygen atoms in total. The van der Waals surface area contributed by atoms with Crippen LogP contribution in [0.4, 0.5) is 0 Å². The normalized spacial score (nSPS) is 16.5. The van der Waals surface area contributed by atoms with Crippen molar-refractivity contribution in [1.82, 2.24) is 0 Å². The van der Waals surface area contributed by atoms with Gasteiger partial charge < -0.3 is 0 Å². The Kier molecular flexibility index (Phi) is 5.31. The number of halogens is 1. The first-order valence-electron chi connectivity index (χ1n) is 9.06. The highest BCUT2D eigenvalue weighted by atomic mass is 35.5. The summed E-state index contributed by atoms with van der Waals surface area (Å²) in [4.78, 5) is 8.67. The number of nitrogens with zero attached hydrogens (tertiary/aromatic N) is 2. The Balaban J connectivity index is 1.80. The molecule has 0 unspecified atom stereocenters. The van der Waals surface area contributed by atoms with Crippen LogP contribution in [0.3, 0.4) is 0 Å². The van der Waals surface area contributed by atoms with Crippen molar-refractivity contribution >= 4 is 40.5 Å². The third-order valence-electron chi connectivity index (χ3n) is 4.77. The zero-order valence-corrected chi connectivity index (χ0v) is 16.1. The molecule has 0 saturated carbocycles. The van der Waals surface area contributed by atoms with Crippen molar-refractivity contribution in [2.75, 3.05) is 6.00 Å². The molecule has 0 bridgehead atoms. The van der Waals surface area contributed by atoms with Gasteiger partial charge in [-0.3, -0.25) is 9.98 Å². The third-order valence-corrected chi connectivity index (χ3v) is 4.89. The highest BCUT2D eigenvalue weighted by Crippen LogP contribution is 2.29. The van der Waals surface area contributed by atoms with Crippen molar-refractivity contribution in [1.29, 1.82) is 0 Å². The van der Waals surface area contributed by atoms with E-state index in [-0.39, 0.29) is 6.00 Å². The maximum Gasteiger partial charge on any atom is 0.114 e. The van der Waals surface area contributed by atoms with Gasteiger partial charge in [0.05, 0.1) is 11.4 Å². The van der Waals surface area contributed by atoms with Crippen molar-refractivity contribution in [3.8, 4) is 11.1 Å². The van der Waals surface area contributed by atoms with E-state index < -0.39 is 0 Å². The van der Waals surface area contributed by atoms with E-state index in [0.29, 0.717) is 0 Å². The quantitative estimate of drug-likeness (QED) is 0.273. The molecule has 3 aromatic rings. The summed E-state index contributed by atoms with van der Waals surface area (Å²) in [5.74, 6) is 0. The summed E-state index contributed by atoms with van der Waals surface area (Å²) < 4.78 is 0. The van der Waals surface area contributed by atoms with Crippen molar-refractivity contribution in [2.24, 2.45) is 9.98 Å².